The van der Waals surface area contributed by atoms with E-state index in [4.69, 9.17) is 4.42 Å². The van der Waals surface area contributed by atoms with Gasteiger partial charge in [-0.1, -0.05) is 30.3 Å². The van der Waals surface area contributed by atoms with Crippen LogP contribution in [0.1, 0.15) is 53.0 Å². The zero-order valence-electron chi connectivity index (χ0n) is 19.9. The first-order chi connectivity index (χ1) is 16.7. The van der Waals surface area contributed by atoms with Gasteiger partial charge in [-0.15, -0.1) is 12.4 Å². The molecular formula is C28H32ClN3O3. The Hall–Kier alpha value is -2.83. The number of furan rings is 1. The average Bonchev–Trinajstić information content (AvgIpc) is 3.34. The Kier molecular flexibility index (Phi) is 6.85. The summed E-state index contributed by atoms with van der Waals surface area (Å²) in [6.07, 6.45) is 5.65. The number of hydrogen-bond donors (Lipinski definition) is 1. The number of para-hydroxylation sites is 1. The molecule has 3 aromatic rings. The van der Waals surface area contributed by atoms with Crippen LogP contribution in [-0.4, -0.2) is 60.4 Å². The monoisotopic (exact) mass is 493 g/mol. The first kappa shape index (κ1) is 23.9. The SMILES string of the molecule is Cl.O=C(N[C@H]1CN2CCC1CC2)c1cc2cccc(-c3cccc(C(=O)N4CCCCC4)c3)c2o1. The maximum absolute atomic E-state index is 13.1. The van der Waals surface area contributed by atoms with Crippen molar-refractivity contribution in [2.24, 2.45) is 5.92 Å². The fourth-order valence-electron chi connectivity index (χ4n) is 5.87. The molecule has 35 heavy (non-hydrogen) atoms. The van der Waals surface area contributed by atoms with Gasteiger partial charge in [0.05, 0.1) is 0 Å². The van der Waals surface area contributed by atoms with E-state index in [0.717, 1.165) is 74.9 Å². The molecule has 1 N–H and O–H groups in total. The Morgan fingerprint density at radius 1 is 0.914 bits per heavy atom. The number of piperidine rings is 4. The molecule has 0 saturated carbocycles. The number of carbonyl (C=O) groups excluding carboxylic acids is 2. The molecule has 2 bridgehead atoms. The predicted molar refractivity (Wildman–Crippen MR) is 139 cm³/mol. The third-order valence-electron chi connectivity index (χ3n) is 7.80. The lowest BCUT2D eigenvalue weighted by atomic mass is 9.84. The van der Waals surface area contributed by atoms with Crippen LogP contribution < -0.4 is 5.32 Å². The third-order valence-corrected chi connectivity index (χ3v) is 7.80. The van der Waals surface area contributed by atoms with Crippen molar-refractivity contribution in [1.29, 1.82) is 0 Å². The van der Waals surface area contributed by atoms with Crippen LogP contribution in [0.15, 0.2) is 52.9 Å². The van der Waals surface area contributed by atoms with E-state index >= 15 is 0 Å². The minimum Gasteiger partial charge on any atom is -0.450 e. The highest BCUT2D eigenvalue weighted by molar-refractivity contribution is 6.01. The molecule has 7 rings (SSSR count). The van der Waals surface area contributed by atoms with Crippen LogP contribution in [0, 0.1) is 5.92 Å². The summed E-state index contributed by atoms with van der Waals surface area (Å²) in [5.74, 6) is 0.856. The minimum atomic E-state index is -0.144. The van der Waals surface area contributed by atoms with E-state index < -0.39 is 0 Å². The standard InChI is InChI=1S/C28H31N3O3.ClH/c32-27(29-24-18-30-14-10-19(24)11-15-30)25-17-21-7-5-9-23(26(21)34-25)20-6-4-8-22(16-20)28(33)31-12-2-1-3-13-31;/h4-9,16-17,19,24H,1-3,10-15,18H2,(H,29,32);1H/t24-;/m0./s1. The normalized spacial score (nSPS) is 23.7. The molecular weight excluding hydrogens is 462 g/mol. The fraction of sp³-hybridized carbons (Fsp3) is 0.429. The summed E-state index contributed by atoms with van der Waals surface area (Å²) in [5, 5.41) is 4.12. The molecule has 1 aromatic heterocycles. The number of hydrogen-bond acceptors (Lipinski definition) is 4. The Bertz CT molecular complexity index is 1230. The Labute approximate surface area is 212 Å². The van der Waals surface area contributed by atoms with Crippen LogP contribution >= 0.6 is 12.4 Å². The van der Waals surface area contributed by atoms with Gasteiger partial charge in [-0.2, -0.15) is 0 Å². The van der Waals surface area contributed by atoms with Gasteiger partial charge < -0.3 is 19.5 Å². The second-order valence-electron chi connectivity index (χ2n) is 9.99. The lowest BCUT2D eigenvalue weighted by Crippen LogP contribution is -2.57. The first-order valence-corrected chi connectivity index (χ1v) is 12.6. The fourth-order valence-corrected chi connectivity index (χ4v) is 5.87. The van der Waals surface area contributed by atoms with Gasteiger partial charge in [0, 0.05) is 42.2 Å². The van der Waals surface area contributed by atoms with Crippen molar-refractivity contribution in [3.05, 3.63) is 59.9 Å². The molecule has 5 heterocycles. The van der Waals surface area contributed by atoms with Crippen LogP contribution in [0.5, 0.6) is 0 Å². The zero-order chi connectivity index (χ0) is 23.1. The van der Waals surface area contributed by atoms with Gasteiger partial charge in [-0.05, 0) is 74.9 Å². The molecule has 4 fully saturated rings. The van der Waals surface area contributed by atoms with Crippen LogP contribution in [0.2, 0.25) is 0 Å². The quantitative estimate of drug-likeness (QED) is 0.557. The molecule has 0 radical (unpaired) electrons. The number of fused-ring (bicyclic) bond motifs is 4. The lowest BCUT2D eigenvalue weighted by molar-refractivity contribution is 0.0607. The van der Waals surface area contributed by atoms with E-state index in [2.05, 4.69) is 10.2 Å². The number of halogens is 1. The van der Waals surface area contributed by atoms with E-state index in [0.29, 0.717) is 22.8 Å². The van der Waals surface area contributed by atoms with Gasteiger partial charge in [0.1, 0.15) is 5.58 Å². The number of benzene rings is 2. The van der Waals surface area contributed by atoms with Crippen molar-refractivity contribution in [3.63, 3.8) is 0 Å². The van der Waals surface area contributed by atoms with Gasteiger partial charge in [0.15, 0.2) is 5.76 Å². The molecule has 4 aliphatic heterocycles. The number of nitrogens with zero attached hydrogens (tertiary/aromatic N) is 2. The molecule has 2 amide bonds. The van der Waals surface area contributed by atoms with E-state index in [9.17, 15) is 9.59 Å². The topological polar surface area (TPSA) is 65.8 Å². The lowest BCUT2D eigenvalue weighted by Gasteiger charge is -2.44. The molecule has 0 unspecified atom stereocenters. The largest absolute Gasteiger partial charge is 0.450 e. The molecule has 7 heteroatoms. The molecule has 4 aliphatic rings. The van der Waals surface area contributed by atoms with Crippen molar-refractivity contribution >= 4 is 35.2 Å². The highest BCUT2D eigenvalue weighted by Gasteiger charge is 2.35. The van der Waals surface area contributed by atoms with Crippen molar-refractivity contribution in [3.8, 4) is 11.1 Å². The molecule has 0 aliphatic carbocycles. The molecule has 6 nitrogen and oxygen atoms in total. The minimum absolute atomic E-state index is 0. The summed E-state index contributed by atoms with van der Waals surface area (Å²) in [7, 11) is 0. The van der Waals surface area contributed by atoms with Gasteiger partial charge in [0.2, 0.25) is 0 Å². The van der Waals surface area contributed by atoms with E-state index in [1.54, 1.807) is 0 Å². The van der Waals surface area contributed by atoms with Crippen molar-refractivity contribution in [2.45, 2.75) is 38.1 Å². The van der Waals surface area contributed by atoms with E-state index in [1.165, 1.54) is 6.42 Å². The molecule has 2 aromatic carbocycles. The third kappa shape index (κ3) is 4.69. The smallest absolute Gasteiger partial charge is 0.287 e. The zero-order valence-corrected chi connectivity index (χ0v) is 20.7. The maximum Gasteiger partial charge on any atom is 0.287 e. The Balaban J connectivity index is 0.00000253. The summed E-state index contributed by atoms with van der Waals surface area (Å²) in [4.78, 5) is 30.5. The highest BCUT2D eigenvalue weighted by Crippen LogP contribution is 2.33. The average molecular weight is 494 g/mol. The highest BCUT2D eigenvalue weighted by atomic mass is 35.5. The maximum atomic E-state index is 13.1. The number of amides is 2. The van der Waals surface area contributed by atoms with Crippen LogP contribution in [0.25, 0.3) is 22.1 Å². The van der Waals surface area contributed by atoms with Crippen LogP contribution in [-0.2, 0) is 0 Å². The van der Waals surface area contributed by atoms with Gasteiger partial charge in [0.25, 0.3) is 11.8 Å². The molecule has 1 atom stereocenters. The second kappa shape index (κ2) is 10.0. The number of rotatable bonds is 4. The summed E-state index contributed by atoms with van der Waals surface area (Å²) in [5.41, 5.74) is 3.20. The first-order valence-electron chi connectivity index (χ1n) is 12.6. The molecule has 184 valence electrons. The summed E-state index contributed by atoms with van der Waals surface area (Å²) in [6.45, 7) is 4.87. The number of nitrogens with one attached hydrogen (secondary N) is 1. The van der Waals surface area contributed by atoms with Gasteiger partial charge >= 0.3 is 0 Å². The van der Waals surface area contributed by atoms with Crippen molar-refractivity contribution in [2.75, 3.05) is 32.7 Å². The van der Waals surface area contributed by atoms with Crippen LogP contribution in [0.4, 0.5) is 0 Å². The number of likely N-dealkylation sites (tertiary alicyclic amines) is 1. The van der Waals surface area contributed by atoms with E-state index in [-0.39, 0.29) is 30.3 Å². The molecule has 4 saturated heterocycles. The van der Waals surface area contributed by atoms with Gasteiger partial charge in [-0.25, -0.2) is 0 Å². The summed E-state index contributed by atoms with van der Waals surface area (Å²) in [6, 6.07) is 15.7. The van der Waals surface area contributed by atoms with Crippen molar-refractivity contribution < 1.29 is 14.0 Å². The second-order valence-corrected chi connectivity index (χ2v) is 9.99. The van der Waals surface area contributed by atoms with Crippen molar-refractivity contribution in [1.82, 2.24) is 15.1 Å². The summed E-state index contributed by atoms with van der Waals surface area (Å²) < 4.78 is 6.13. The predicted octanol–water partition coefficient (Wildman–Crippen LogP) is 4.97. The Morgan fingerprint density at radius 3 is 2.43 bits per heavy atom. The number of carbonyl (C=O) groups is 2. The Morgan fingerprint density at radius 2 is 1.69 bits per heavy atom. The summed E-state index contributed by atoms with van der Waals surface area (Å²) >= 11 is 0. The van der Waals surface area contributed by atoms with Crippen LogP contribution in [0.3, 0.4) is 0 Å². The van der Waals surface area contributed by atoms with Gasteiger partial charge in [-0.3, -0.25) is 9.59 Å². The molecule has 0 spiro atoms. The van der Waals surface area contributed by atoms with E-state index in [1.807, 2.05) is 53.4 Å².